The fourth-order valence-electron chi connectivity index (χ4n) is 2.92. The van der Waals surface area contributed by atoms with E-state index in [4.69, 9.17) is 4.98 Å². The second kappa shape index (κ2) is 5.02. The third-order valence-corrected chi connectivity index (χ3v) is 5.23. The van der Waals surface area contributed by atoms with Crippen LogP contribution in [0, 0.1) is 5.92 Å². The quantitative estimate of drug-likeness (QED) is 0.868. The second-order valence-corrected chi connectivity index (χ2v) is 6.34. The van der Waals surface area contributed by atoms with Gasteiger partial charge in [0.1, 0.15) is 5.82 Å². The van der Waals surface area contributed by atoms with Gasteiger partial charge >= 0.3 is 0 Å². The zero-order chi connectivity index (χ0) is 11.7. The van der Waals surface area contributed by atoms with E-state index in [1.807, 2.05) is 0 Å². The predicted octanol–water partition coefficient (Wildman–Crippen LogP) is 1.75. The van der Waals surface area contributed by atoms with E-state index in [9.17, 15) is 0 Å². The third-order valence-electron chi connectivity index (χ3n) is 3.95. The van der Waals surface area contributed by atoms with E-state index in [1.165, 1.54) is 48.0 Å². The van der Waals surface area contributed by atoms with Crippen LogP contribution in [0.5, 0.6) is 0 Å². The lowest BCUT2D eigenvalue weighted by atomic mass is 10.0. The lowest BCUT2D eigenvalue weighted by Gasteiger charge is -2.20. The molecule has 1 fully saturated rings. The number of thioether (sulfide) groups is 1. The Labute approximate surface area is 107 Å². The maximum atomic E-state index is 4.84. The van der Waals surface area contributed by atoms with Crippen molar-refractivity contribution in [1.82, 2.24) is 14.9 Å². The fraction of sp³-hybridized carbons (Fsp3) is 0.769. The van der Waals surface area contributed by atoms with Gasteiger partial charge < -0.3 is 9.88 Å². The van der Waals surface area contributed by atoms with Crippen LogP contribution in [0.15, 0.2) is 0 Å². The number of nitrogens with one attached hydrogen (secondary N) is 1. The number of hydrogen-bond donors (Lipinski definition) is 1. The molecule has 1 aromatic rings. The van der Waals surface area contributed by atoms with Gasteiger partial charge in [-0.15, -0.1) is 0 Å². The molecule has 0 amide bonds. The number of imidazole rings is 1. The highest BCUT2D eigenvalue weighted by atomic mass is 32.2. The first-order valence-electron chi connectivity index (χ1n) is 6.66. The lowest BCUT2D eigenvalue weighted by Crippen LogP contribution is -2.24. The Hall–Kier alpha value is -0.480. The Bertz CT molecular complexity index is 394. The molecule has 0 spiro atoms. The van der Waals surface area contributed by atoms with Crippen LogP contribution in [0.1, 0.15) is 30.1 Å². The molecule has 4 heteroatoms. The molecule has 1 atom stereocenters. The van der Waals surface area contributed by atoms with Crippen molar-refractivity contribution < 1.29 is 0 Å². The predicted molar refractivity (Wildman–Crippen MR) is 72.4 cm³/mol. The summed E-state index contributed by atoms with van der Waals surface area (Å²) in [6, 6.07) is 0. The summed E-state index contributed by atoms with van der Waals surface area (Å²) >= 11 is 2.11. The van der Waals surface area contributed by atoms with Crippen molar-refractivity contribution in [2.24, 2.45) is 13.0 Å². The van der Waals surface area contributed by atoms with Crippen LogP contribution in [-0.2, 0) is 26.4 Å². The van der Waals surface area contributed by atoms with Gasteiger partial charge in [0.05, 0.1) is 5.69 Å². The van der Waals surface area contributed by atoms with Crippen LogP contribution >= 0.6 is 11.8 Å². The number of rotatable bonds is 2. The largest absolute Gasteiger partial charge is 0.335 e. The first kappa shape index (κ1) is 11.6. The molecule has 94 valence electrons. The molecule has 0 aliphatic carbocycles. The first-order valence-corrected chi connectivity index (χ1v) is 7.82. The van der Waals surface area contributed by atoms with Crippen molar-refractivity contribution in [3.8, 4) is 0 Å². The van der Waals surface area contributed by atoms with Crippen LogP contribution in [0.2, 0.25) is 0 Å². The van der Waals surface area contributed by atoms with Crippen LogP contribution in [0.25, 0.3) is 0 Å². The van der Waals surface area contributed by atoms with Gasteiger partial charge in [0.15, 0.2) is 0 Å². The Morgan fingerprint density at radius 3 is 3.24 bits per heavy atom. The molecule has 2 aliphatic rings. The SMILES string of the molecule is Cn1c(CC2CCCSC2)nc2c1CCNC2. The van der Waals surface area contributed by atoms with E-state index < -0.39 is 0 Å². The second-order valence-electron chi connectivity index (χ2n) is 5.19. The molecule has 1 saturated heterocycles. The summed E-state index contributed by atoms with van der Waals surface area (Å²) in [7, 11) is 2.20. The highest BCUT2D eigenvalue weighted by Crippen LogP contribution is 2.26. The molecule has 0 aromatic carbocycles. The van der Waals surface area contributed by atoms with Crippen LogP contribution < -0.4 is 5.32 Å². The fourth-order valence-corrected chi connectivity index (χ4v) is 4.08. The van der Waals surface area contributed by atoms with Crippen molar-refractivity contribution >= 4 is 11.8 Å². The zero-order valence-electron chi connectivity index (χ0n) is 10.5. The average molecular weight is 251 g/mol. The van der Waals surface area contributed by atoms with E-state index in [1.54, 1.807) is 0 Å². The molecule has 1 unspecified atom stereocenters. The topological polar surface area (TPSA) is 29.9 Å². The minimum Gasteiger partial charge on any atom is -0.335 e. The van der Waals surface area contributed by atoms with Crippen LogP contribution in [-0.4, -0.2) is 27.6 Å². The van der Waals surface area contributed by atoms with Crippen molar-refractivity contribution in [3.63, 3.8) is 0 Å². The van der Waals surface area contributed by atoms with Crippen molar-refractivity contribution in [2.75, 3.05) is 18.1 Å². The van der Waals surface area contributed by atoms with Gasteiger partial charge in [-0.2, -0.15) is 11.8 Å². The molecule has 1 aromatic heterocycles. The molecular weight excluding hydrogens is 230 g/mol. The molecule has 2 aliphatic heterocycles. The summed E-state index contributed by atoms with van der Waals surface area (Å²) in [5.41, 5.74) is 2.75. The molecule has 0 bridgehead atoms. The van der Waals surface area contributed by atoms with E-state index in [0.29, 0.717) is 0 Å². The minimum absolute atomic E-state index is 0.851. The maximum absolute atomic E-state index is 4.84. The number of aromatic nitrogens is 2. The van der Waals surface area contributed by atoms with E-state index in [-0.39, 0.29) is 0 Å². The summed E-state index contributed by atoms with van der Waals surface area (Å²) in [5.74, 6) is 4.85. The normalized spacial score (nSPS) is 24.6. The lowest BCUT2D eigenvalue weighted by molar-refractivity contribution is 0.499. The summed E-state index contributed by atoms with van der Waals surface area (Å²) in [5, 5.41) is 3.41. The highest BCUT2D eigenvalue weighted by molar-refractivity contribution is 7.99. The van der Waals surface area contributed by atoms with Gasteiger partial charge in [-0.1, -0.05) is 0 Å². The smallest absolute Gasteiger partial charge is 0.109 e. The van der Waals surface area contributed by atoms with Gasteiger partial charge in [0, 0.05) is 38.7 Å². The average Bonchev–Trinajstić information content (AvgIpc) is 2.68. The standard InChI is InChI=1S/C13H21N3S/c1-16-12-4-5-14-8-11(12)15-13(16)7-10-3-2-6-17-9-10/h10,14H,2-9H2,1H3. The Morgan fingerprint density at radius 2 is 2.47 bits per heavy atom. The Kier molecular flexibility index (Phi) is 3.43. The van der Waals surface area contributed by atoms with E-state index in [0.717, 1.165) is 25.4 Å². The third kappa shape index (κ3) is 2.38. The Morgan fingerprint density at radius 1 is 1.53 bits per heavy atom. The minimum atomic E-state index is 0.851. The molecule has 17 heavy (non-hydrogen) atoms. The summed E-state index contributed by atoms with van der Waals surface area (Å²) in [6.07, 6.45) is 5.10. The van der Waals surface area contributed by atoms with Crippen molar-refractivity contribution in [1.29, 1.82) is 0 Å². The molecule has 3 rings (SSSR count). The number of fused-ring (bicyclic) bond motifs is 1. The number of nitrogens with zero attached hydrogens (tertiary/aromatic N) is 2. The molecule has 3 heterocycles. The number of hydrogen-bond acceptors (Lipinski definition) is 3. The first-order chi connectivity index (χ1) is 8.34. The van der Waals surface area contributed by atoms with E-state index in [2.05, 4.69) is 28.7 Å². The van der Waals surface area contributed by atoms with Crippen LogP contribution in [0.3, 0.4) is 0 Å². The van der Waals surface area contributed by atoms with Gasteiger partial charge in [-0.05, 0) is 30.3 Å². The molecule has 0 saturated carbocycles. The molecule has 0 radical (unpaired) electrons. The molecular formula is C13H21N3S. The monoisotopic (exact) mass is 251 g/mol. The van der Waals surface area contributed by atoms with Gasteiger partial charge in [0.25, 0.3) is 0 Å². The summed E-state index contributed by atoms with van der Waals surface area (Å²) in [4.78, 5) is 4.84. The van der Waals surface area contributed by atoms with Crippen molar-refractivity contribution in [2.45, 2.75) is 32.2 Å². The van der Waals surface area contributed by atoms with Crippen molar-refractivity contribution in [3.05, 3.63) is 17.2 Å². The summed E-state index contributed by atoms with van der Waals surface area (Å²) in [6.45, 7) is 2.06. The van der Waals surface area contributed by atoms with Gasteiger partial charge in [-0.25, -0.2) is 4.98 Å². The maximum Gasteiger partial charge on any atom is 0.109 e. The molecule has 1 N–H and O–H groups in total. The van der Waals surface area contributed by atoms with Gasteiger partial charge in [0.2, 0.25) is 0 Å². The zero-order valence-corrected chi connectivity index (χ0v) is 11.4. The Balaban J connectivity index is 1.76. The van der Waals surface area contributed by atoms with Crippen LogP contribution in [0.4, 0.5) is 0 Å². The summed E-state index contributed by atoms with van der Waals surface area (Å²) < 4.78 is 2.36. The van der Waals surface area contributed by atoms with E-state index >= 15 is 0 Å². The molecule has 3 nitrogen and oxygen atoms in total. The van der Waals surface area contributed by atoms with Gasteiger partial charge in [-0.3, -0.25) is 0 Å². The highest BCUT2D eigenvalue weighted by Gasteiger charge is 2.21.